The van der Waals surface area contributed by atoms with Gasteiger partial charge in [-0.05, 0) is 64.4 Å². The summed E-state index contributed by atoms with van der Waals surface area (Å²) in [4.78, 5) is 15.9. The summed E-state index contributed by atoms with van der Waals surface area (Å²) in [6.45, 7) is 6.47. The van der Waals surface area contributed by atoms with Crippen LogP contribution in [0, 0.1) is 11.8 Å². The average molecular weight is 624 g/mol. The maximum absolute atomic E-state index is 13.5. The Morgan fingerprint density at radius 2 is 1.66 bits per heavy atom. The first-order valence-corrected chi connectivity index (χ1v) is 14.7. The number of hydrogen-bond acceptors (Lipinski definition) is 7. The lowest BCUT2D eigenvalue weighted by Crippen LogP contribution is -2.59. The summed E-state index contributed by atoms with van der Waals surface area (Å²) in [5.41, 5.74) is 1.32. The van der Waals surface area contributed by atoms with E-state index >= 15 is 0 Å². The zero-order chi connectivity index (χ0) is 31.6. The second kappa shape index (κ2) is 11.2. The smallest absolute Gasteiger partial charge is 0.349 e. The number of aromatic nitrogens is 6. The SMILES string of the molecule is C[C@@H]1CN(c2nc3nncn3c3c2ncn3CCN(C)C)[C@@H](C)CN1C(c1ccc(C(F)(F)F)cc1)[C@H]1C[C@H](C(F)(F)F)C1. The van der Waals surface area contributed by atoms with Crippen LogP contribution >= 0.6 is 0 Å². The van der Waals surface area contributed by atoms with E-state index in [4.69, 9.17) is 9.97 Å². The second-order valence-corrected chi connectivity index (χ2v) is 12.4. The number of rotatable bonds is 7. The number of benzene rings is 1. The van der Waals surface area contributed by atoms with Gasteiger partial charge in [-0.2, -0.15) is 31.3 Å². The van der Waals surface area contributed by atoms with Gasteiger partial charge in [-0.25, -0.2) is 9.38 Å². The van der Waals surface area contributed by atoms with E-state index in [0.29, 0.717) is 42.3 Å². The summed E-state index contributed by atoms with van der Waals surface area (Å²) in [6, 6.07) is 4.15. The van der Waals surface area contributed by atoms with Crippen molar-refractivity contribution in [3.63, 3.8) is 0 Å². The first-order valence-electron chi connectivity index (χ1n) is 14.7. The number of alkyl halides is 6. The van der Waals surface area contributed by atoms with Gasteiger partial charge in [0.25, 0.3) is 5.78 Å². The van der Waals surface area contributed by atoms with E-state index in [1.54, 1.807) is 17.1 Å². The average Bonchev–Trinajstić information content (AvgIpc) is 3.56. The molecule has 4 aromatic rings. The molecular weight excluding hydrogens is 588 g/mol. The molecule has 1 saturated heterocycles. The summed E-state index contributed by atoms with van der Waals surface area (Å²) in [5.74, 6) is -0.649. The molecule has 238 valence electrons. The monoisotopic (exact) mass is 623 g/mol. The highest BCUT2D eigenvalue weighted by atomic mass is 19.4. The number of piperazine rings is 1. The van der Waals surface area contributed by atoms with Crippen LogP contribution in [0.15, 0.2) is 36.9 Å². The number of likely N-dealkylation sites (N-methyl/N-ethyl adjacent to an activating group) is 1. The van der Waals surface area contributed by atoms with E-state index < -0.39 is 29.9 Å². The minimum Gasteiger partial charge on any atom is -0.349 e. The Kier molecular flexibility index (Phi) is 7.75. The molecule has 0 spiro atoms. The predicted octanol–water partition coefficient (Wildman–Crippen LogP) is 5.28. The first kappa shape index (κ1) is 30.6. The topological polar surface area (TPSA) is 70.6 Å². The molecule has 44 heavy (non-hydrogen) atoms. The highest BCUT2D eigenvalue weighted by Crippen LogP contribution is 2.52. The van der Waals surface area contributed by atoms with Crippen LogP contribution < -0.4 is 4.90 Å². The van der Waals surface area contributed by atoms with Crippen LogP contribution in [0.2, 0.25) is 0 Å². The van der Waals surface area contributed by atoms with Gasteiger partial charge >= 0.3 is 12.4 Å². The van der Waals surface area contributed by atoms with E-state index in [9.17, 15) is 26.3 Å². The van der Waals surface area contributed by atoms with E-state index in [2.05, 4.69) is 24.9 Å². The largest absolute Gasteiger partial charge is 0.416 e. The zero-order valence-corrected chi connectivity index (χ0v) is 24.9. The highest BCUT2D eigenvalue weighted by molar-refractivity contribution is 5.86. The number of fused-ring (bicyclic) bond motifs is 3. The number of imidazole rings is 1. The molecule has 4 heterocycles. The van der Waals surface area contributed by atoms with Gasteiger partial charge in [-0.1, -0.05) is 12.1 Å². The lowest BCUT2D eigenvalue weighted by Gasteiger charge is -2.52. The van der Waals surface area contributed by atoms with Gasteiger partial charge in [0.05, 0.1) is 17.8 Å². The van der Waals surface area contributed by atoms with Crippen molar-refractivity contribution in [2.45, 2.75) is 63.7 Å². The molecule has 0 N–H and O–H groups in total. The molecule has 0 amide bonds. The minimum atomic E-state index is -4.50. The normalized spacial score (nSPS) is 24.4. The molecule has 1 aliphatic carbocycles. The highest BCUT2D eigenvalue weighted by Gasteiger charge is 2.52. The van der Waals surface area contributed by atoms with Crippen LogP contribution in [0.25, 0.3) is 16.9 Å². The molecular formula is C29H35F6N9. The van der Waals surface area contributed by atoms with Gasteiger partial charge in [-0.3, -0.25) is 4.90 Å². The quantitative estimate of drug-likeness (QED) is 0.260. The Labute approximate surface area is 250 Å². The van der Waals surface area contributed by atoms with Gasteiger partial charge in [0, 0.05) is 44.3 Å². The molecule has 1 aliphatic heterocycles. The molecule has 2 fully saturated rings. The van der Waals surface area contributed by atoms with E-state index in [1.807, 2.05) is 32.5 Å². The fourth-order valence-electron chi connectivity index (χ4n) is 6.69. The van der Waals surface area contributed by atoms with E-state index in [1.165, 1.54) is 12.1 Å². The number of nitrogens with zero attached hydrogens (tertiary/aromatic N) is 9. The van der Waals surface area contributed by atoms with Crippen molar-refractivity contribution in [3.8, 4) is 0 Å². The van der Waals surface area contributed by atoms with Crippen molar-refractivity contribution >= 4 is 22.8 Å². The van der Waals surface area contributed by atoms with Gasteiger partial charge < -0.3 is 14.4 Å². The lowest BCUT2D eigenvalue weighted by molar-refractivity contribution is -0.211. The van der Waals surface area contributed by atoms with Crippen LogP contribution in [-0.2, 0) is 12.7 Å². The fraction of sp³-hybridized carbons (Fsp3) is 0.586. The van der Waals surface area contributed by atoms with Gasteiger partial charge in [-0.15, -0.1) is 10.2 Å². The van der Waals surface area contributed by atoms with Gasteiger partial charge in [0.2, 0.25) is 0 Å². The van der Waals surface area contributed by atoms with Crippen molar-refractivity contribution in [1.29, 1.82) is 0 Å². The summed E-state index contributed by atoms with van der Waals surface area (Å²) in [5, 5.41) is 8.26. The zero-order valence-electron chi connectivity index (χ0n) is 24.9. The number of anilines is 1. The molecule has 2 aliphatic rings. The summed E-state index contributed by atoms with van der Waals surface area (Å²) in [7, 11) is 3.99. The molecule has 3 aromatic heterocycles. The fourth-order valence-corrected chi connectivity index (χ4v) is 6.69. The Morgan fingerprint density at radius 3 is 2.30 bits per heavy atom. The van der Waals surface area contributed by atoms with Crippen LogP contribution in [0.1, 0.15) is 43.9 Å². The van der Waals surface area contributed by atoms with Crippen LogP contribution in [0.3, 0.4) is 0 Å². The summed E-state index contributed by atoms with van der Waals surface area (Å²) >= 11 is 0. The molecule has 0 radical (unpaired) electrons. The molecule has 9 nitrogen and oxygen atoms in total. The maximum atomic E-state index is 13.5. The summed E-state index contributed by atoms with van der Waals surface area (Å²) in [6.07, 6.45) is -5.50. The molecule has 1 unspecified atom stereocenters. The Morgan fingerprint density at radius 1 is 0.955 bits per heavy atom. The summed E-state index contributed by atoms with van der Waals surface area (Å²) < 4.78 is 84.2. The lowest BCUT2D eigenvalue weighted by atomic mass is 9.68. The molecule has 6 rings (SSSR count). The van der Waals surface area contributed by atoms with Crippen LogP contribution in [0.4, 0.5) is 32.2 Å². The second-order valence-electron chi connectivity index (χ2n) is 12.4. The molecule has 1 saturated carbocycles. The standard InChI is InChI=1S/C29H35F6N9/c1-17-14-43(25-23-26(44-16-37-39-27(44)38-25)41(15-36-23)10-9-40(3)4)18(2)13-42(17)24(20-11-22(12-20)29(33,34)35)19-5-7-21(8-6-19)28(30,31)32/h5-8,15-18,20,22,24H,9-14H2,1-4H3/t17-,18+,20-,22-,24?/m1/s1. The van der Waals surface area contributed by atoms with Crippen molar-refractivity contribution < 1.29 is 26.3 Å². The molecule has 3 atom stereocenters. The number of halogens is 6. The van der Waals surface area contributed by atoms with Crippen molar-refractivity contribution in [2.75, 3.05) is 38.6 Å². The molecule has 15 heteroatoms. The predicted molar refractivity (Wildman–Crippen MR) is 152 cm³/mol. The number of hydrogen-bond donors (Lipinski definition) is 0. The maximum Gasteiger partial charge on any atom is 0.416 e. The minimum absolute atomic E-state index is 0.0490. The van der Waals surface area contributed by atoms with Crippen molar-refractivity contribution in [2.24, 2.45) is 11.8 Å². The van der Waals surface area contributed by atoms with Gasteiger partial charge in [0.1, 0.15) is 11.8 Å². The van der Waals surface area contributed by atoms with Crippen LogP contribution in [-0.4, -0.2) is 90.9 Å². The third kappa shape index (κ3) is 5.59. The van der Waals surface area contributed by atoms with Crippen molar-refractivity contribution in [1.82, 2.24) is 38.9 Å². The van der Waals surface area contributed by atoms with Gasteiger partial charge in [0.15, 0.2) is 11.5 Å². The Bertz CT molecular complexity index is 1600. The van der Waals surface area contributed by atoms with Crippen molar-refractivity contribution in [3.05, 3.63) is 48.0 Å². The first-order chi connectivity index (χ1) is 20.7. The van der Waals surface area contributed by atoms with E-state index in [0.717, 1.165) is 24.3 Å². The van der Waals surface area contributed by atoms with Crippen LogP contribution in [0.5, 0.6) is 0 Å². The third-order valence-electron chi connectivity index (χ3n) is 9.10. The molecule has 0 bridgehead atoms. The molecule has 1 aromatic carbocycles. The third-order valence-corrected chi connectivity index (χ3v) is 9.10. The Balaban J connectivity index is 1.32. The van der Waals surface area contributed by atoms with E-state index in [-0.39, 0.29) is 30.8 Å². The Hall–Kier alpha value is -3.46.